The number of likely N-dealkylation sites (tertiary alicyclic amines) is 1. The number of rotatable bonds is 12. The van der Waals surface area contributed by atoms with Gasteiger partial charge in [0, 0.05) is 30.9 Å². The van der Waals surface area contributed by atoms with Gasteiger partial charge in [0.05, 0.1) is 24.9 Å². The number of carbonyl (C=O) groups is 5. The highest BCUT2D eigenvalue weighted by molar-refractivity contribution is 6.38. The molecule has 6 rings (SSSR count). The molecule has 1 aromatic carbocycles. The minimum atomic E-state index is -1.05. The van der Waals surface area contributed by atoms with Gasteiger partial charge in [-0.3, -0.25) is 34.3 Å². The number of amides is 4. The van der Waals surface area contributed by atoms with Crippen LogP contribution in [0.2, 0.25) is 0 Å². The number of Topliss-reactive ketones (excluding diaryl/α,β-unsaturated/α-hetero) is 1. The molecule has 0 radical (unpaired) electrons. The predicted molar refractivity (Wildman–Crippen MR) is 186 cm³/mol. The van der Waals surface area contributed by atoms with Gasteiger partial charge in [-0.15, -0.1) is 0 Å². The fourth-order valence-electron chi connectivity index (χ4n) is 7.68. The van der Waals surface area contributed by atoms with E-state index in [1.165, 1.54) is 11.3 Å². The van der Waals surface area contributed by atoms with Crippen LogP contribution >= 0.6 is 0 Å². The monoisotopic (exact) mass is 691 g/mol. The molecule has 5 aliphatic rings. The molecular formula is C38H53N5O7. The van der Waals surface area contributed by atoms with Gasteiger partial charge in [0.1, 0.15) is 23.4 Å². The Bertz CT molecular complexity index is 1530. The zero-order valence-corrected chi connectivity index (χ0v) is 29.9. The molecule has 0 aromatic heterocycles. The Hall–Kier alpha value is -3.93. The molecule has 2 saturated carbocycles. The molecule has 4 N–H and O–H groups in total. The van der Waals surface area contributed by atoms with Gasteiger partial charge in [-0.2, -0.15) is 0 Å². The van der Waals surface area contributed by atoms with Crippen molar-refractivity contribution >= 4 is 35.1 Å². The summed E-state index contributed by atoms with van der Waals surface area (Å²) in [5.74, 6) is -1.34. The first-order valence-electron chi connectivity index (χ1n) is 18.5. The summed E-state index contributed by atoms with van der Waals surface area (Å²) in [6.45, 7) is 8.26. The number of nitrogens with zero attached hydrogens (tertiary/aromatic N) is 1. The number of hydroxylamine groups is 1. The summed E-state index contributed by atoms with van der Waals surface area (Å²) in [6, 6.07) is 2.97. The van der Waals surface area contributed by atoms with E-state index in [4.69, 9.17) is 9.57 Å². The average molecular weight is 692 g/mol. The maximum Gasteiger partial charge on any atom is 0.289 e. The number of hydrogen-bond donors (Lipinski definition) is 4. The SMILES string of the molecule is CCC[C@H](NC(=O)[C@@H]1C[C@]2(C=C(c3ccc4c(c3)CCO4)NO2)CN1C(=O)[C@@H](NC(=O)CC1CCCCC1)C(C)(C)C)C(=O)C(=O)NC1CC1. The summed E-state index contributed by atoms with van der Waals surface area (Å²) in [6.07, 6.45) is 11.1. The van der Waals surface area contributed by atoms with Gasteiger partial charge in [-0.25, -0.2) is 0 Å². The number of carbonyl (C=O) groups excluding carboxylic acids is 5. The summed E-state index contributed by atoms with van der Waals surface area (Å²) in [5, 5.41) is 8.60. The van der Waals surface area contributed by atoms with Crippen LogP contribution in [0.3, 0.4) is 0 Å². The smallest absolute Gasteiger partial charge is 0.289 e. The largest absolute Gasteiger partial charge is 0.493 e. The first kappa shape index (κ1) is 35.9. The second kappa shape index (κ2) is 14.7. The van der Waals surface area contributed by atoms with Crippen molar-refractivity contribution in [2.45, 2.75) is 135 Å². The Balaban J connectivity index is 1.26. The highest BCUT2D eigenvalue weighted by Gasteiger charge is 2.54. The molecule has 1 aromatic rings. The molecule has 1 saturated heterocycles. The minimum absolute atomic E-state index is 0.00100. The highest BCUT2D eigenvalue weighted by atomic mass is 16.7. The van der Waals surface area contributed by atoms with E-state index >= 15 is 0 Å². The molecule has 272 valence electrons. The summed E-state index contributed by atoms with van der Waals surface area (Å²) >= 11 is 0. The number of fused-ring (bicyclic) bond motifs is 1. The van der Waals surface area contributed by atoms with Crippen LogP contribution in [0.25, 0.3) is 5.70 Å². The molecule has 2 aliphatic carbocycles. The number of benzene rings is 1. The second-order valence-electron chi connectivity index (χ2n) is 16.0. The molecule has 50 heavy (non-hydrogen) atoms. The highest BCUT2D eigenvalue weighted by Crippen LogP contribution is 2.40. The average Bonchev–Trinajstić information content (AvgIpc) is 3.44. The summed E-state index contributed by atoms with van der Waals surface area (Å²) in [7, 11) is 0. The summed E-state index contributed by atoms with van der Waals surface area (Å²) < 4.78 is 5.67. The van der Waals surface area contributed by atoms with Crippen LogP contribution in [0.1, 0.15) is 109 Å². The fourth-order valence-corrected chi connectivity index (χ4v) is 7.68. The minimum Gasteiger partial charge on any atom is -0.493 e. The molecule has 3 aliphatic heterocycles. The second-order valence-corrected chi connectivity index (χ2v) is 16.0. The lowest BCUT2D eigenvalue weighted by Gasteiger charge is -2.36. The van der Waals surface area contributed by atoms with Crippen LogP contribution in [0.5, 0.6) is 5.75 Å². The molecule has 0 unspecified atom stereocenters. The third-order valence-corrected chi connectivity index (χ3v) is 10.7. The van der Waals surface area contributed by atoms with Crippen molar-refractivity contribution in [2.24, 2.45) is 11.3 Å². The van der Waals surface area contributed by atoms with E-state index in [0.717, 1.165) is 67.5 Å². The Labute approximate surface area is 294 Å². The van der Waals surface area contributed by atoms with E-state index in [9.17, 15) is 24.0 Å². The third-order valence-electron chi connectivity index (χ3n) is 10.7. The van der Waals surface area contributed by atoms with Gasteiger partial charge in [0.15, 0.2) is 0 Å². The predicted octanol–water partition coefficient (Wildman–Crippen LogP) is 3.47. The Morgan fingerprint density at radius 2 is 1.80 bits per heavy atom. The van der Waals surface area contributed by atoms with Crippen molar-refractivity contribution in [3.05, 3.63) is 35.4 Å². The standard InChI is InChI=1S/C38H53N5O7/c1-5-9-27(32(45)35(47)39-26-13-14-26)40-34(46)29-21-38(20-28(42-50-38)24-12-15-30-25(19-24)16-17-49-30)22-43(29)36(48)33(37(2,3)4)41-31(44)18-23-10-7-6-8-11-23/h12,15,19-20,23,26-27,29,33,42H,5-11,13-14,16-18,21-22H2,1-4H3,(H,39,47)(H,40,46)(H,41,44)/t27-,29-,33+,38+/m0/s1. The van der Waals surface area contributed by atoms with E-state index in [-0.39, 0.29) is 31.3 Å². The van der Waals surface area contributed by atoms with E-state index < -0.39 is 52.6 Å². The van der Waals surface area contributed by atoms with Gasteiger partial charge in [-0.05, 0) is 73.3 Å². The Kier molecular flexibility index (Phi) is 10.6. The Morgan fingerprint density at radius 3 is 2.50 bits per heavy atom. The van der Waals surface area contributed by atoms with E-state index in [1.807, 2.05) is 45.9 Å². The first-order chi connectivity index (χ1) is 23.9. The van der Waals surface area contributed by atoms with Crippen molar-refractivity contribution in [3.63, 3.8) is 0 Å². The number of hydrogen-bond acceptors (Lipinski definition) is 8. The quantitative estimate of drug-likeness (QED) is 0.243. The normalized spacial score (nSPS) is 24.4. The first-order valence-corrected chi connectivity index (χ1v) is 18.5. The number of nitrogens with one attached hydrogen (secondary N) is 4. The lowest BCUT2D eigenvalue weighted by Crippen LogP contribution is -2.59. The number of ether oxygens (including phenoxy) is 1. The van der Waals surface area contributed by atoms with Gasteiger partial charge in [0.25, 0.3) is 5.91 Å². The number of ketones is 1. The zero-order valence-electron chi connectivity index (χ0n) is 29.9. The van der Waals surface area contributed by atoms with E-state index in [0.29, 0.717) is 25.4 Å². The van der Waals surface area contributed by atoms with Gasteiger partial charge >= 0.3 is 0 Å². The molecule has 1 spiro atoms. The van der Waals surface area contributed by atoms with Crippen LogP contribution in [0.4, 0.5) is 0 Å². The van der Waals surface area contributed by atoms with Crippen LogP contribution in [-0.2, 0) is 35.2 Å². The Morgan fingerprint density at radius 1 is 1.04 bits per heavy atom. The van der Waals surface area contributed by atoms with Crippen molar-refractivity contribution in [3.8, 4) is 5.75 Å². The van der Waals surface area contributed by atoms with Crippen LogP contribution in [-0.4, -0.2) is 77.2 Å². The molecule has 3 heterocycles. The maximum absolute atomic E-state index is 14.6. The van der Waals surface area contributed by atoms with Crippen LogP contribution < -0.4 is 26.2 Å². The summed E-state index contributed by atoms with van der Waals surface area (Å²) in [4.78, 5) is 75.8. The van der Waals surface area contributed by atoms with Gasteiger partial charge in [-0.1, -0.05) is 53.4 Å². The molecule has 3 fully saturated rings. The van der Waals surface area contributed by atoms with Crippen LogP contribution in [0.15, 0.2) is 24.3 Å². The molecule has 0 bridgehead atoms. The maximum atomic E-state index is 14.6. The lowest BCUT2D eigenvalue weighted by molar-refractivity contribution is -0.145. The lowest BCUT2D eigenvalue weighted by atomic mass is 9.84. The molecular weight excluding hydrogens is 638 g/mol. The van der Waals surface area contributed by atoms with Gasteiger partial charge < -0.3 is 25.6 Å². The van der Waals surface area contributed by atoms with Crippen molar-refractivity contribution in [1.82, 2.24) is 26.3 Å². The molecule has 4 amide bonds. The van der Waals surface area contributed by atoms with Crippen molar-refractivity contribution in [1.29, 1.82) is 0 Å². The molecule has 12 nitrogen and oxygen atoms in total. The summed E-state index contributed by atoms with van der Waals surface area (Å²) in [5.41, 5.74) is 4.04. The third kappa shape index (κ3) is 8.16. The van der Waals surface area contributed by atoms with E-state index in [1.54, 1.807) is 0 Å². The fraction of sp³-hybridized carbons (Fsp3) is 0.658. The molecule has 4 atom stereocenters. The molecule has 12 heteroatoms. The van der Waals surface area contributed by atoms with Crippen LogP contribution in [0, 0.1) is 11.3 Å². The topological polar surface area (TPSA) is 155 Å². The van der Waals surface area contributed by atoms with Crippen molar-refractivity contribution in [2.75, 3.05) is 13.2 Å². The zero-order chi connectivity index (χ0) is 35.6. The van der Waals surface area contributed by atoms with Gasteiger partial charge in [0.2, 0.25) is 23.5 Å². The van der Waals surface area contributed by atoms with E-state index in [2.05, 4.69) is 27.5 Å². The van der Waals surface area contributed by atoms with Crippen molar-refractivity contribution < 1.29 is 33.5 Å².